The predicted octanol–water partition coefficient (Wildman–Crippen LogP) is 6.72. The van der Waals surface area contributed by atoms with Crippen molar-refractivity contribution < 1.29 is 9.47 Å². The molecule has 5 saturated carbocycles. The highest BCUT2D eigenvalue weighted by molar-refractivity contribution is 5.04. The molecule has 0 heterocycles. The zero-order valence-electron chi connectivity index (χ0n) is 19.7. The van der Waals surface area contributed by atoms with Crippen LogP contribution in [0.3, 0.4) is 0 Å². The van der Waals surface area contributed by atoms with E-state index in [1.165, 1.54) is 57.8 Å². The van der Waals surface area contributed by atoms with Gasteiger partial charge in [-0.3, -0.25) is 0 Å². The summed E-state index contributed by atoms with van der Waals surface area (Å²) in [6, 6.07) is 0. The molecule has 166 valence electrons. The van der Waals surface area contributed by atoms with E-state index in [0.717, 1.165) is 41.4 Å². The van der Waals surface area contributed by atoms with E-state index in [-0.39, 0.29) is 0 Å². The molecule has 0 aromatic rings. The van der Waals surface area contributed by atoms with E-state index in [9.17, 15) is 0 Å². The van der Waals surface area contributed by atoms with Gasteiger partial charge in [-0.25, -0.2) is 0 Å². The van der Waals surface area contributed by atoms with Crippen molar-refractivity contribution in [3.63, 3.8) is 0 Å². The molecule has 0 radical (unpaired) electrons. The third-order valence-corrected chi connectivity index (χ3v) is 10.5. The highest BCUT2D eigenvalue weighted by Gasteiger charge is 2.54. The first kappa shape index (κ1) is 20.8. The Labute approximate surface area is 179 Å². The molecule has 0 spiro atoms. The van der Waals surface area contributed by atoms with Gasteiger partial charge in [0.15, 0.2) is 0 Å². The van der Waals surface area contributed by atoms with Crippen molar-refractivity contribution in [3.05, 3.63) is 0 Å². The van der Waals surface area contributed by atoms with Crippen LogP contribution in [-0.4, -0.2) is 24.4 Å². The lowest BCUT2D eigenvalue weighted by Crippen LogP contribution is -2.35. The molecule has 12 atom stereocenters. The fraction of sp³-hybridized carbons (Fsp3) is 1.00. The van der Waals surface area contributed by atoms with Gasteiger partial charge in [0.2, 0.25) is 0 Å². The topological polar surface area (TPSA) is 18.5 Å². The van der Waals surface area contributed by atoms with Crippen molar-refractivity contribution in [2.24, 2.45) is 53.3 Å². The van der Waals surface area contributed by atoms with Gasteiger partial charge in [-0.05, 0) is 118 Å². The summed E-state index contributed by atoms with van der Waals surface area (Å²) in [5, 5.41) is 0. The highest BCUT2D eigenvalue weighted by Crippen LogP contribution is 2.60. The van der Waals surface area contributed by atoms with E-state index < -0.39 is 0 Å². The second-order valence-corrected chi connectivity index (χ2v) is 12.4. The van der Waals surface area contributed by atoms with Crippen molar-refractivity contribution in [1.29, 1.82) is 0 Å². The molecule has 2 nitrogen and oxygen atoms in total. The van der Waals surface area contributed by atoms with Gasteiger partial charge in [0.1, 0.15) is 0 Å². The van der Waals surface area contributed by atoms with Gasteiger partial charge in [-0.15, -0.1) is 0 Å². The Hall–Kier alpha value is -0.0800. The predicted molar refractivity (Wildman–Crippen MR) is 119 cm³/mol. The first-order valence-electron chi connectivity index (χ1n) is 13.2. The maximum absolute atomic E-state index is 6.78. The number of fused-ring (bicyclic) bond motifs is 7. The molecular formula is C27H46O2. The lowest BCUT2D eigenvalue weighted by Gasteiger charge is -2.36. The fourth-order valence-electron chi connectivity index (χ4n) is 8.47. The lowest BCUT2D eigenvalue weighted by molar-refractivity contribution is -0.0777. The molecule has 2 heteroatoms. The second kappa shape index (κ2) is 8.12. The average Bonchev–Trinajstić information content (AvgIpc) is 3.46. The third kappa shape index (κ3) is 3.84. The Morgan fingerprint density at radius 3 is 2.10 bits per heavy atom. The summed E-state index contributed by atoms with van der Waals surface area (Å²) in [6.45, 7) is 11.7. The minimum atomic E-state index is 0.409. The van der Waals surface area contributed by atoms with Gasteiger partial charge < -0.3 is 9.47 Å². The maximum atomic E-state index is 6.78. The summed E-state index contributed by atoms with van der Waals surface area (Å²) in [5.41, 5.74) is 0. The third-order valence-electron chi connectivity index (χ3n) is 10.5. The lowest BCUT2D eigenvalue weighted by atomic mass is 9.79. The number of hydrogen-bond donors (Lipinski definition) is 0. The van der Waals surface area contributed by atoms with E-state index in [0.29, 0.717) is 36.3 Å². The molecule has 5 rings (SSSR count). The van der Waals surface area contributed by atoms with Gasteiger partial charge in [-0.1, -0.05) is 27.2 Å². The summed E-state index contributed by atoms with van der Waals surface area (Å²) >= 11 is 0. The molecule has 0 saturated heterocycles. The van der Waals surface area contributed by atoms with Crippen LogP contribution in [0.4, 0.5) is 0 Å². The van der Waals surface area contributed by atoms with Crippen LogP contribution >= 0.6 is 0 Å². The Balaban J connectivity index is 1.09. The number of rotatable bonds is 8. The van der Waals surface area contributed by atoms with E-state index >= 15 is 0 Å². The van der Waals surface area contributed by atoms with E-state index in [2.05, 4.69) is 34.6 Å². The molecule has 5 fully saturated rings. The largest absolute Gasteiger partial charge is 0.375 e. The van der Waals surface area contributed by atoms with Gasteiger partial charge in [0.05, 0.1) is 24.4 Å². The Kier molecular flexibility index (Phi) is 5.82. The zero-order chi connectivity index (χ0) is 20.3. The molecule has 0 aromatic carbocycles. The standard InChI is InChI=1S/C27H46O2/c1-15(2)17(4)28-26-13-20-11-22(26)10-19(20)9-16(3)18(5)29-27-14-21-12-25(27)24-8-6-7-23(21)24/h15-27H,6-14H2,1-5H3/t16?,17-,18-,19?,20?,21?,22?,23?,24?,25?,26?,27?/m0/s1. The van der Waals surface area contributed by atoms with Gasteiger partial charge in [-0.2, -0.15) is 0 Å². The van der Waals surface area contributed by atoms with Crippen LogP contribution in [0.25, 0.3) is 0 Å². The molecule has 5 aliphatic carbocycles. The molecule has 0 N–H and O–H groups in total. The molecule has 10 unspecified atom stereocenters. The quantitative estimate of drug-likeness (QED) is 0.449. The smallest absolute Gasteiger partial charge is 0.0612 e. The molecule has 29 heavy (non-hydrogen) atoms. The first-order valence-corrected chi connectivity index (χ1v) is 13.2. The second-order valence-electron chi connectivity index (χ2n) is 12.4. The summed E-state index contributed by atoms with van der Waals surface area (Å²) in [4.78, 5) is 0. The van der Waals surface area contributed by atoms with Crippen LogP contribution in [0.1, 0.15) is 92.4 Å². The Bertz CT molecular complexity index is 573. The molecule has 5 aliphatic rings. The van der Waals surface area contributed by atoms with E-state index in [4.69, 9.17) is 9.47 Å². The van der Waals surface area contributed by atoms with Crippen molar-refractivity contribution in [1.82, 2.24) is 0 Å². The van der Waals surface area contributed by atoms with E-state index in [1.54, 1.807) is 0 Å². The summed E-state index contributed by atoms with van der Waals surface area (Å²) in [6.07, 6.45) is 14.9. The minimum absolute atomic E-state index is 0.409. The fourth-order valence-corrected chi connectivity index (χ4v) is 8.47. The van der Waals surface area contributed by atoms with Gasteiger partial charge in [0.25, 0.3) is 0 Å². The van der Waals surface area contributed by atoms with Gasteiger partial charge in [0, 0.05) is 0 Å². The SMILES string of the molecule is CC(C)[C@H](C)OC1CC2CC1CC2CC(C)[C@H](C)OC1CC2CC1C1CCCC21. The molecule has 0 aliphatic heterocycles. The van der Waals surface area contributed by atoms with Crippen molar-refractivity contribution in [2.75, 3.05) is 0 Å². The summed E-state index contributed by atoms with van der Waals surface area (Å²) in [7, 11) is 0. The van der Waals surface area contributed by atoms with Crippen LogP contribution in [0.15, 0.2) is 0 Å². The molecular weight excluding hydrogens is 356 g/mol. The number of ether oxygens (including phenoxy) is 2. The first-order chi connectivity index (χ1) is 13.9. The van der Waals surface area contributed by atoms with Crippen LogP contribution in [0.2, 0.25) is 0 Å². The normalized spacial score (nSPS) is 48.4. The van der Waals surface area contributed by atoms with Crippen LogP contribution in [-0.2, 0) is 9.47 Å². The van der Waals surface area contributed by atoms with Crippen LogP contribution < -0.4 is 0 Å². The van der Waals surface area contributed by atoms with E-state index in [1.807, 2.05) is 0 Å². The van der Waals surface area contributed by atoms with Crippen molar-refractivity contribution in [3.8, 4) is 0 Å². The molecule has 0 aromatic heterocycles. The van der Waals surface area contributed by atoms with Crippen LogP contribution in [0, 0.1) is 53.3 Å². The average molecular weight is 403 g/mol. The van der Waals surface area contributed by atoms with Crippen molar-refractivity contribution >= 4 is 0 Å². The Morgan fingerprint density at radius 2 is 1.38 bits per heavy atom. The van der Waals surface area contributed by atoms with Gasteiger partial charge >= 0.3 is 0 Å². The minimum Gasteiger partial charge on any atom is -0.375 e. The maximum Gasteiger partial charge on any atom is 0.0612 e. The highest BCUT2D eigenvalue weighted by atomic mass is 16.5. The monoisotopic (exact) mass is 402 g/mol. The Morgan fingerprint density at radius 1 is 0.655 bits per heavy atom. The van der Waals surface area contributed by atoms with Crippen LogP contribution in [0.5, 0.6) is 0 Å². The zero-order valence-corrected chi connectivity index (χ0v) is 19.7. The molecule has 4 bridgehead atoms. The summed E-state index contributed by atoms with van der Waals surface area (Å²) in [5.74, 6) is 8.03. The number of hydrogen-bond acceptors (Lipinski definition) is 2. The summed E-state index contributed by atoms with van der Waals surface area (Å²) < 4.78 is 13.2. The molecule has 0 amide bonds. The van der Waals surface area contributed by atoms with Crippen molar-refractivity contribution in [2.45, 2.75) is 117 Å².